The van der Waals surface area contributed by atoms with Gasteiger partial charge in [0.2, 0.25) is 0 Å². The highest BCUT2D eigenvalue weighted by atomic mass is 32.1. The van der Waals surface area contributed by atoms with Crippen molar-refractivity contribution in [3.05, 3.63) is 78.1 Å². The molecule has 27 heavy (non-hydrogen) atoms. The molecule has 8 heteroatoms. The van der Waals surface area contributed by atoms with Gasteiger partial charge < -0.3 is 9.73 Å². The van der Waals surface area contributed by atoms with Crippen LogP contribution in [0, 0.1) is 0 Å². The maximum atomic E-state index is 12.8. The highest BCUT2D eigenvalue weighted by Crippen LogP contribution is 2.32. The summed E-state index contributed by atoms with van der Waals surface area (Å²) in [4.78, 5) is 0. The molecule has 1 aromatic heterocycles. The number of para-hydroxylation sites is 1. The molecule has 0 amide bonds. The predicted octanol–water partition coefficient (Wildman–Crippen LogP) is 5.29. The Bertz CT molecular complexity index is 952. The van der Waals surface area contributed by atoms with Crippen molar-refractivity contribution < 1.29 is 17.6 Å². The van der Waals surface area contributed by atoms with E-state index >= 15 is 0 Å². The molecule has 0 unspecified atom stereocenters. The van der Waals surface area contributed by atoms with Gasteiger partial charge in [0.1, 0.15) is 11.5 Å². The summed E-state index contributed by atoms with van der Waals surface area (Å²) >= 11 is 5.11. The molecule has 0 fully saturated rings. The normalized spacial score (nSPS) is 11.5. The summed E-state index contributed by atoms with van der Waals surface area (Å²) in [6, 6.07) is 17.5. The molecule has 0 saturated heterocycles. The van der Waals surface area contributed by atoms with Crippen LogP contribution in [-0.4, -0.2) is 11.3 Å². The molecule has 0 aliphatic carbocycles. The first kappa shape index (κ1) is 18.7. The first-order chi connectivity index (χ1) is 12.9. The molecule has 0 saturated carbocycles. The van der Waals surface area contributed by atoms with Gasteiger partial charge in [0, 0.05) is 11.3 Å². The van der Waals surface area contributed by atoms with Crippen molar-refractivity contribution in [2.75, 3.05) is 5.32 Å². The zero-order valence-corrected chi connectivity index (χ0v) is 14.6. The monoisotopic (exact) mass is 389 g/mol. The summed E-state index contributed by atoms with van der Waals surface area (Å²) in [5, 5.41) is 7.19. The minimum absolute atomic E-state index is 0.294. The fraction of sp³-hybridized carbons (Fsp3) is 0.0526. The molecule has 2 N–H and O–H groups in total. The standard InChI is InChI=1S/C19H14F3N3OS/c20-19(21,22)14-6-4-5-13(11-14)17-10-9-16(26-17)12-23-25-18(27)24-15-7-2-1-3-8-15/h1-12H,(H2,24,25,27)/b23-12-. The Morgan fingerprint density at radius 2 is 1.78 bits per heavy atom. The highest BCUT2D eigenvalue weighted by molar-refractivity contribution is 7.80. The maximum Gasteiger partial charge on any atom is 0.416 e. The number of hydrogen-bond donors (Lipinski definition) is 2. The number of hydrazone groups is 1. The molecule has 0 spiro atoms. The second-order valence-electron chi connectivity index (χ2n) is 5.47. The van der Waals surface area contributed by atoms with E-state index < -0.39 is 11.7 Å². The molecule has 2 aromatic carbocycles. The number of thiocarbonyl (C=S) groups is 1. The van der Waals surface area contributed by atoms with E-state index in [4.69, 9.17) is 16.6 Å². The zero-order chi connectivity index (χ0) is 19.3. The first-order valence-electron chi connectivity index (χ1n) is 7.84. The van der Waals surface area contributed by atoms with Crippen LogP contribution in [0.5, 0.6) is 0 Å². The second-order valence-corrected chi connectivity index (χ2v) is 5.88. The average Bonchev–Trinajstić information content (AvgIpc) is 3.11. The van der Waals surface area contributed by atoms with Crippen molar-refractivity contribution >= 4 is 29.2 Å². The fourth-order valence-electron chi connectivity index (χ4n) is 2.26. The Labute approximate surface area is 158 Å². The van der Waals surface area contributed by atoms with E-state index in [0.717, 1.165) is 17.8 Å². The van der Waals surface area contributed by atoms with Crippen LogP contribution in [0.25, 0.3) is 11.3 Å². The van der Waals surface area contributed by atoms with Gasteiger partial charge in [0.05, 0.1) is 11.8 Å². The third-order valence-corrected chi connectivity index (χ3v) is 3.68. The quantitative estimate of drug-likeness (QED) is 0.362. The molecular weight excluding hydrogens is 375 g/mol. The number of nitrogens with zero attached hydrogens (tertiary/aromatic N) is 1. The number of alkyl halides is 3. The van der Waals surface area contributed by atoms with Crippen molar-refractivity contribution in [1.82, 2.24) is 5.43 Å². The van der Waals surface area contributed by atoms with E-state index in [9.17, 15) is 13.2 Å². The number of rotatable bonds is 4. The lowest BCUT2D eigenvalue weighted by Gasteiger charge is -2.07. The Balaban J connectivity index is 1.62. The van der Waals surface area contributed by atoms with E-state index in [0.29, 0.717) is 22.2 Å². The molecule has 0 aliphatic rings. The van der Waals surface area contributed by atoms with Gasteiger partial charge in [-0.25, -0.2) is 0 Å². The van der Waals surface area contributed by atoms with E-state index in [-0.39, 0.29) is 0 Å². The summed E-state index contributed by atoms with van der Waals surface area (Å²) in [6.07, 6.45) is -3.02. The summed E-state index contributed by atoms with van der Waals surface area (Å²) in [5.41, 5.74) is 3.05. The van der Waals surface area contributed by atoms with Gasteiger partial charge in [0.15, 0.2) is 5.11 Å². The molecular formula is C19H14F3N3OS. The zero-order valence-electron chi connectivity index (χ0n) is 13.8. The van der Waals surface area contributed by atoms with Crippen LogP contribution in [0.3, 0.4) is 0 Å². The fourth-order valence-corrected chi connectivity index (χ4v) is 2.43. The Morgan fingerprint density at radius 3 is 2.52 bits per heavy atom. The summed E-state index contributed by atoms with van der Waals surface area (Å²) in [7, 11) is 0. The lowest BCUT2D eigenvalue weighted by molar-refractivity contribution is -0.137. The summed E-state index contributed by atoms with van der Waals surface area (Å²) < 4.78 is 43.9. The van der Waals surface area contributed by atoms with Crippen molar-refractivity contribution in [3.63, 3.8) is 0 Å². The summed E-state index contributed by atoms with van der Waals surface area (Å²) in [5.74, 6) is 0.685. The van der Waals surface area contributed by atoms with Gasteiger partial charge in [-0.2, -0.15) is 18.3 Å². The van der Waals surface area contributed by atoms with Crippen molar-refractivity contribution in [3.8, 4) is 11.3 Å². The number of benzene rings is 2. The summed E-state index contributed by atoms with van der Waals surface area (Å²) in [6.45, 7) is 0. The highest BCUT2D eigenvalue weighted by Gasteiger charge is 2.30. The Kier molecular flexibility index (Phi) is 5.56. The van der Waals surface area contributed by atoms with Gasteiger partial charge in [-0.15, -0.1) is 0 Å². The largest absolute Gasteiger partial charge is 0.455 e. The van der Waals surface area contributed by atoms with Crippen molar-refractivity contribution in [2.45, 2.75) is 6.18 Å². The van der Waals surface area contributed by atoms with Crippen LogP contribution in [0.1, 0.15) is 11.3 Å². The van der Waals surface area contributed by atoms with Crippen LogP contribution in [-0.2, 0) is 6.18 Å². The van der Waals surface area contributed by atoms with E-state index in [1.165, 1.54) is 12.3 Å². The van der Waals surface area contributed by atoms with Crippen LogP contribution in [0.2, 0.25) is 0 Å². The first-order valence-corrected chi connectivity index (χ1v) is 8.25. The maximum absolute atomic E-state index is 12.8. The minimum atomic E-state index is -4.40. The van der Waals surface area contributed by atoms with E-state index in [2.05, 4.69) is 15.8 Å². The molecule has 0 aliphatic heterocycles. The average molecular weight is 389 g/mol. The number of halogens is 3. The van der Waals surface area contributed by atoms with Crippen LogP contribution < -0.4 is 10.7 Å². The third-order valence-electron chi connectivity index (χ3n) is 3.49. The third kappa shape index (κ3) is 5.18. The van der Waals surface area contributed by atoms with Crippen LogP contribution in [0.4, 0.5) is 18.9 Å². The lowest BCUT2D eigenvalue weighted by atomic mass is 10.1. The predicted molar refractivity (Wildman–Crippen MR) is 103 cm³/mol. The van der Waals surface area contributed by atoms with E-state index in [1.54, 1.807) is 18.2 Å². The number of hydrogen-bond acceptors (Lipinski definition) is 3. The second kappa shape index (κ2) is 8.05. The van der Waals surface area contributed by atoms with Crippen molar-refractivity contribution in [2.24, 2.45) is 5.10 Å². The van der Waals surface area contributed by atoms with Crippen LogP contribution >= 0.6 is 12.2 Å². The van der Waals surface area contributed by atoms with Gasteiger partial charge in [-0.1, -0.05) is 30.3 Å². The molecule has 138 valence electrons. The van der Waals surface area contributed by atoms with Crippen molar-refractivity contribution in [1.29, 1.82) is 0 Å². The van der Waals surface area contributed by atoms with Crippen LogP contribution in [0.15, 0.2) is 76.2 Å². The minimum Gasteiger partial charge on any atom is -0.455 e. The topological polar surface area (TPSA) is 49.6 Å². The molecule has 3 aromatic rings. The Morgan fingerprint density at radius 1 is 1.00 bits per heavy atom. The Hall–Kier alpha value is -3.13. The molecule has 0 radical (unpaired) electrons. The van der Waals surface area contributed by atoms with E-state index in [1.807, 2.05) is 30.3 Å². The molecule has 4 nitrogen and oxygen atoms in total. The van der Waals surface area contributed by atoms with Gasteiger partial charge >= 0.3 is 6.18 Å². The molecule has 0 bridgehead atoms. The molecule has 3 rings (SSSR count). The molecule has 1 heterocycles. The van der Waals surface area contributed by atoms with Gasteiger partial charge in [-0.05, 0) is 48.6 Å². The number of anilines is 1. The number of furan rings is 1. The number of nitrogens with one attached hydrogen (secondary N) is 2. The van der Waals surface area contributed by atoms with Gasteiger partial charge in [-0.3, -0.25) is 5.43 Å². The SMILES string of the molecule is FC(F)(F)c1cccc(-c2ccc(/C=N\NC(=S)Nc3ccccc3)o2)c1. The smallest absolute Gasteiger partial charge is 0.416 e. The van der Waals surface area contributed by atoms with Gasteiger partial charge in [0.25, 0.3) is 0 Å². The lowest BCUT2D eigenvalue weighted by Crippen LogP contribution is -2.23. The molecule has 0 atom stereocenters.